The number of benzene rings is 3. The number of hydrogen-bond donors (Lipinski definition) is 2. The lowest BCUT2D eigenvalue weighted by molar-refractivity contribution is -0.113. The van der Waals surface area contributed by atoms with Crippen molar-refractivity contribution in [2.45, 2.75) is 12.1 Å². The normalized spacial score (nSPS) is 10.6. The van der Waals surface area contributed by atoms with E-state index in [9.17, 15) is 9.59 Å². The first-order valence-corrected chi connectivity index (χ1v) is 11.3. The molecular formula is C24H19ClN4O3S. The number of nitrogens with zero attached hydrogens (tertiary/aromatic N) is 2. The van der Waals surface area contributed by atoms with Crippen LogP contribution in [0.5, 0.6) is 0 Å². The third-order valence-electron chi connectivity index (χ3n) is 4.64. The monoisotopic (exact) mass is 478 g/mol. The number of halogens is 1. The number of amides is 2. The fraction of sp³-hybridized carbons (Fsp3) is 0.0833. The standard InChI is InChI=1S/C24H19ClN4O3S/c1-15-11-12-17(13-20(15)27-22(31)16-7-3-2-4-8-16)26-21(30)14-33-24-29-28-23(32-24)18-9-5-6-10-19(18)25/h2-13H,14H2,1H3,(H,26,30)(H,27,31). The van der Waals surface area contributed by atoms with Crippen LogP contribution < -0.4 is 10.6 Å². The molecule has 4 aromatic rings. The fourth-order valence-corrected chi connectivity index (χ4v) is 3.73. The second-order valence-electron chi connectivity index (χ2n) is 7.04. The first kappa shape index (κ1) is 22.6. The Bertz CT molecular complexity index is 1290. The number of anilines is 2. The van der Waals surface area contributed by atoms with Gasteiger partial charge in [-0.15, -0.1) is 10.2 Å². The van der Waals surface area contributed by atoms with E-state index in [1.165, 1.54) is 0 Å². The molecule has 0 aliphatic rings. The van der Waals surface area contributed by atoms with E-state index >= 15 is 0 Å². The average molecular weight is 479 g/mol. The molecule has 0 saturated carbocycles. The molecule has 0 saturated heterocycles. The summed E-state index contributed by atoms with van der Waals surface area (Å²) in [6, 6.07) is 21.4. The molecular weight excluding hydrogens is 460 g/mol. The minimum atomic E-state index is -0.248. The number of thioether (sulfide) groups is 1. The number of aryl methyl sites for hydroxylation is 1. The summed E-state index contributed by atoms with van der Waals surface area (Å²) in [5, 5.41) is 14.4. The van der Waals surface area contributed by atoms with Gasteiger partial charge in [0.15, 0.2) is 0 Å². The van der Waals surface area contributed by atoms with Crippen LogP contribution in [0.1, 0.15) is 15.9 Å². The maximum atomic E-state index is 12.5. The molecule has 0 bridgehead atoms. The molecule has 33 heavy (non-hydrogen) atoms. The van der Waals surface area contributed by atoms with Crippen molar-refractivity contribution in [2.75, 3.05) is 16.4 Å². The summed E-state index contributed by atoms with van der Waals surface area (Å²) < 4.78 is 5.60. The lowest BCUT2D eigenvalue weighted by Gasteiger charge is -2.11. The molecule has 4 rings (SSSR count). The lowest BCUT2D eigenvalue weighted by atomic mass is 10.1. The van der Waals surface area contributed by atoms with E-state index in [0.717, 1.165) is 17.3 Å². The molecule has 0 unspecified atom stereocenters. The predicted octanol–water partition coefficient (Wildman–Crippen LogP) is 5.68. The summed E-state index contributed by atoms with van der Waals surface area (Å²) >= 11 is 7.27. The summed E-state index contributed by atoms with van der Waals surface area (Å²) in [6.07, 6.45) is 0. The van der Waals surface area contributed by atoms with Crippen molar-refractivity contribution in [3.05, 3.63) is 88.9 Å². The summed E-state index contributed by atoms with van der Waals surface area (Å²) in [5.74, 6) is -0.102. The van der Waals surface area contributed by atoms with Gasteiger partial charge < -0.3 is 15.1 Å². The van der Waals surface area contributed by atoms with E-state index in [4.69, 9.17) is 16.0 Å². The highest BCUT2D eigenvalue weighted by atomic mass is 35.5. The van der Waals surface area contributed by atoms with E-state index in [1.54, 1.807) is 48.5 Å². The first-order valence-electron chi connectivity index (χ1n) is 9.98. The van der Waals surface area contributed by atoms with Crippen LogP contribution in [-0.4, -0.2) is 27.8 Å². The smallest absolute Gasteiger partial charge is 0.277 e. The van der Waals surface area contributed by atoms with Crippen molar-refractivity contribution in [3.63, 3.8) is 0 Å². The largest absolute Gasteiger partial charge is 0.411 e. The Kier molecular flexibility index (Phi) is 7.07. The number of nitrogens with one attached hydrogen (secondary N) is 2. The summed E-state index contributed by atoms with van der Waals surface area (Å²) in [6.45, 7) is 1.88. The number of aromatic nitrogens is 2. The molecule has 0 aliphatic heterocycles. The Morgan fingerprint density at radius 3 is 2.52 bits per heavy atom. The molecule has 7 nitrogen and oxygen atoms in total. The zero-order valence-corrected chi connectivity index (χ0v) is 19.1. The fourth-order valence-electron chi connectivity index (χ4n) is 2.95. The molecule has 2 amide bonds. The molecule has 0 radical (unpaired) electrons. The highest BCUT2D eigenvalue weighted by Gasteiger charge is 2.14. The van der Waals surface area contributed by atoms with Crippen molar-refractivity contribution in [1.29, 1.82) is 0 Å². The maximum Gasteiger partial charge on any atom is 0.277 e. The molecule has 1 aromatic heterocycles. The van der Waals surface area contributed by atoms with Crippen LogP contribution in [0.15, 0.2) is 82.4 Å². The van der Waals surface area contributed by atoms with Gasteiger partial charge in [-0.2, -0.15) is 0 Å². The highest BCUT2D eigenvalue weighted by Crippen LogP contribution is 2.29. The molecule has 1 heterocycles. The topological polar surface area (TPSA) is 97.1 Å². The number of hydrogen-bond acceptors (Lipinski definition) is 6. The van der Waals surface area contributed by atoms with Crippen LogP contribution in [0.3, 0.4) is 0 Å². The van der Waals surface area contributed by atoms with Crippen molar-refractivity contribution in [1.82, 2.24) is 10.2 Å². The van der Waals surface area contributed by atoms with Gasteiger partial charge in [-0.3, -0.25) is 9.59 Å². The van der Waals surface area contributed by atoms with E-state index in [2.05, 4.69) is 20.8 Å². The van der Waals surface area contributed by atoms with E-state index in [1.807, 2.05) is 31.2 Å². The Morgan fingerprint density at radius 1 is 0.970 bits per heavy atom. The Labute approximate surface area is 199 Å². The minimum absolute atomic E-state index is 0.0732. The van der Waals surface area contributed by atoms with Crippen LogP contribution in [0.2, 0.25) is 5.02 Å². The van der Waals surface area contributed by atoms with Crippen molar-refractivity contribution >= 4 is 46.6 Å². The van der Waals surface area contributed by atoms with Crippen LogP contribution in [-0.2, 0) is 4.79 Å². The van der Waals surface area contributed by atoms with Crippen molar-refractivity contribution < 1.29 is 14.0 Å². The highest BCUT2D eigenvalue weighted by molar-refractivity contribution is 7.99. The van der Waals surface area contributed by atoms with Gasteiger partial charge in [0, 0.05) is 16.9 Å². The third kappa shape index (κ3) is 5.79. The van der Waals surface area contributed by atoms with Gasteiger partial charge in [-0.25, -0.2) is 0 Å². The Hall–Kier alpha value is -3.62. The maximum absolute atomic E-state index is 12.5. The molecule has 0 aliphatic carbocycles. The summed E-state index contributed by atoms with van der Waals surface area (Å²) in [4.78, 5) is 24.9. The van der Waals surface area contributed by atoms with Gasteiger partial charge in [0.2, 0.25) is 11.8 Å². The van der Waals surface area contributed by atoms with Crippen LogP contribution in [0.25, 0.3) is 11.5 Å². The van der Waals surface area contributed by atoms with E-state index in [0.29, 0.717) is 33.4 Å². The average Bonchev–Trinajstić information content (AvgIpc) is 3.29. The van der Waals surface area contributed by atoms with Gasteiger partial charge in [0.1, 0.15) is 0 Å². The van der Waals surface area contributed by atoms with Gasteiger partial charge >= 0.3 is 0 Å². The number of carbonyl (C=O) groups excluding carboxylic acids is 2. The van der Waals surface area contributed by atoms with Crippen molar-refractivity contribution in [2.24, 2.45) is 0 Å². The minimum Gasteiger partial charge on any atom is -0.411 e. The molecule has 3 aromatic carbocycles. The molecule has 2 N–H and O–H groups in total. The van der Waals surface area contributed by atoms with Crippen LogP contribution in [0, 0.1) is 6.92 Å². The number of rotatable bonds is 7. The first-order chi connectivity index (χ1) is 16.0. The third-order valence-corrected chi connectivity index (χ3v) is 5.79. The molecule has 0 atom stereocenters. The van der Waals surface area contributed by atoms with E-state index in [-0.39, 0.29) is 22.8 Å². The Balaban J connectivity index is 1.36. The summed E-state index contributed by atoms with van der Waals surface area (Å²) in [5.41, 5.74) is 3.25. The molecule has 9 heteroatoms. The summed E-state index contributed by atoms with van der Waals surface area (Å²) in [7, 11) is 0. The quantitative estimate of drug-likeness (QED) is 0.331. The van der Waals surface area contributed by atoms with Crippen molar-refractivity contribution in [3.8, 4) is 11.5 Å². The van der Waals surface area contributed by atoms with Gasteiger partial charge in [-0.05, 0) is 48.9 Å². The number of carbonyl (C=O) groups is 2. The SMILES string of the molecule is Cc1ccc(NC(=O)CSc2nnc(-c3ccccc3Cl)o2)cc1NC(=O)c1ccccc1. The second-order valence-corrected chi connectivity index (χ2v) is 8.37. The molecule has 0 spiro atoms. The Morgan fingerprint density at radius 2 is 1.73 bits per heavy atom. The zero-order valence-electron chi connectivity index (χ0n) is 17.5. The zero-order chi connectivity index (χ0) is 23.2. The second kappa shape index (κ2) is 10.3. The van der Waals surface area contributed by atoms with E-state index < -0.39 is 0 Å². The van der Waals surface area contributed by atoms with Crippen LogP contribution >= 0.6 is 23.4 Å². The van der Waals surface area contributed by atoms with Crippen LogP contribution in [0.4, 0.5) is 11.4 Å². The van der Waals surface area contributed by atoms with Gasteiger partial charge in [-0.1, -0.05) is 59.8 Å². The lowest BCUT2D eigenvalue weighted by Crippen LogP contribution is -2.15. The molecule has 166 valence electrons. The molecule has 0 fully saturated rings. The van der Waals surface area contributed by atoms with Gasteiger partial charge in [0.05, 0.1) is 16.3 Å². The predicted molar refractivity (Wildman–Crippen MR) is 130 cm³/mol. The van der Waals surface area contributed by atoms with Gasteiger partial charge in [0.25, 0.3) is 11.1 Å².